The maximum atomic E-state index is 13.0. The van der Waals surface area contributed by atoms with Crippen LogP contribution in [0.1, 0.15) is 32.3 Å². The van der Waals surface area contributed by atoms with Gasteiger partial charge in [-0.3, -0.25) is 0 Å². The van der Waals surface area contributed by atoms with Gasteiger partial charge in [-0.25, -0.2) is 8.78 Å². The summed E-state index contributed by atoms with van der Waals surface area (Å²) in [6, 6.07) is 3.88. The number of hydrogen-bond acceptors (Lipinski definition) is 1. The summed E-state index contributed by atoms with van der Waals surface area (Å²) in [5.74, 6) is -0.934. The van der Waals surface area contributed by atoms with Crippen molar-refractivity contribution in [3.05, 3.63) is 35.4 Å². The van der Waals surface area contributed by atoms with E-state index in [0.29, 0.717) is 5.56 Å². The maximum Gasteiger partial charge on any atom is 0.126 e. The second-order valence-electron chi connectivity index (χ2n) is 3.84. The summed E-state index contributed by atoms with van der Waals surface area (Å²) < 4.78 is 26.0. The first kappa shape index (κ1) is 12.1. The van der Waals surface area contributed by atoms with Crippen LogP contribution in [0.25, 0.3) is 0 Å². The SMILES string of the molecule is CCNC(C)C(C)c1cc(F)cc(F)c1. The summed E-state index contributed by atoms with van der Waals surface area (Å²) in [5, 5.41) is 3.24. The highest BCUT2D eigenvalue weighted by Gasteiger charge is 2.14. The molecule has 1 N–H and O–H groups in total. The van der Waals surface area contributed by atoms with E-state index in [1.165, 1.54) is 12.1 Å². The maximum absolute atomic E-state index is 13.0. The van der Waals surface area contributed by atoms with Crippen LogP contribution in [0.2, 0.25) is 0 Å². The van der Waals surface area contributed by atoms with Crippen molar-refractivity contribution in [3.63, 3.8) is 0 Å². The molecule has 0 heterocycles. The van der Waals surface area contributed by atoms with Gasteiger partial charge in [-0.05, 0) is 37.1 Å². The second kappa shape index (κ2) is 5.21. The normalized spacial score (nSPS) is 15.0. The van der Waals surface area contributed by atoms with E-state index in [1.807, 2.05) is 20.8 Å². The molecule has 0 amide bonds. The number of hydrogen-bond donors (Lipinski definition) is 1. The summed E-state index contributed by atoms with van der Waals surface area (Å²) in [5.41, 5.74) is 0.695. The summed E-state index contributed by atoms with van der Waals surface area (Å²) >= 11 is 0. The van der Waals surface area contributed by atoms with Gasteiger partial charge in [0.2, 0.25) is 0 Å². The monoisotopic (exact) mass is 213 g/mol. The van der Waals surface area contributed by atoms with Gasteiger partial charge in [0.25, 0.3) is 0 Å². The van der Waals surface area contributed by atoms with Crippen LogP contribution in [0, 0.1) is 11.6 Å². The first-order valence-electron chi connectivity index (χ1n) is 5.24. The molecule has 0 spiro atoms. The zero-order valence-corrected chi connectivity index (χ0v) is 9.35. The third-order valence-corrected chi connectivity index (χ3v) is 2.69. The van der Waals surface area contributed by atoms with Crippen molar-refractivity contribution < 1.29 is 8.78 Å². The Morgan fingerprint density at radius 3 is 2.13 bits per heavy atom. The molecular formula is C12H17F2N. The van der Waals surface area contributed by atoms with E-state index in [1.54, 1.807) is 0 Å². The molecular weight excluding hydrogens is 196 g/mol. The Morgan fingerprint density at radius 1 is 1.13 bits per heavy atom. The predicted molar refractivity (Wildman–Crippen MR) is 57.9 cm³/mol. The zero-order chi connectivity index (χ0) is 11.4. The molecule has 0 aromatic heterocycles. The van der Waals surface area contributed by atoms with Crippen molar-refractivity contribution in [1.82, 2.24) is 5.32 Å². The summed E-state index contributed by atoms with van der Waals surface area (Å²) in [4.78, 5) is 0. The molecule has 0 radical (unpaired) electrons. The largest absolute Gasteiger partial charge is 0.314 e. The molecule has 0 aliphatic heterocycles. The molecule has 1 aromatic carbocycles. The van der Waals surface area contributed by atoms with Gasteiger partial charge in [-0.2, -0.15) is 0 Å². The molecule has 2 unspecified atom stereocenters. The number of nitrogens with one attached hydrogen (secondary N) is 1. The van der Waals surface area contributed by atoms with Gasteiger partial charge in [0.1, 0.15) is 11.6 Å². The Labute approximate surface area is 89.5 Å². The average Bonchev–Trinajstić information content (AvgIpc) is 2.15. The quantitative estimate of drug-likeness (QED) is 0.810. The van der Waals surface area contributed by atoms with Crippen LogP contribution >= 0.6 is 0 Å². The molecule has 0 aliphatic carbocycles. The highest BCUT2D eigenvalue weighted by atomic mass is 19.1. The smallest absolute Gasteiger partial charge is 0.126 e. The number of benzene rings is 1. The van der Waals surface area contributed by atoms with Gasteiger partial charge in [0.15, 0.2) is 0 Å². The minimum atomic E-state index is -0.513. The molecule has 2 atom stereocenters. The van der Waals surface area contributed by atoms with Crippen molar-refractivity contribution in [2.24, 2.45) is 0 Å². The van der Waals surface area contributed by atoms with E-state index >= 15 is 0 Å². The summed E-state index contributed by atoms with van der Waals surface area (Å²) in [7, 11) is 0. The third-order valence-electron chi connectivity index (χ3n) is 2.69. The number of halogens is 2. The van der Waals surface area contributed by atoms with Gasteiger partial charge >= 0.3 is 0 Å². The molecule has 1 aromatic rings. The van der Waals surface area contributed by atoms with Gasteiger partial charge < -0.3 is 5.32 Å². The zero-order valence-electron chi connectivity index (χ0n) is 9.35. The van der Waals surface area contributed by atoms with Gasteiger partial charge in [-0.15, -0.1) is 0 Å². The Balaban J connectivity index is 2.85. The van der Waals surface area contributed by atoms with E-state index in [0.717, 1.165) is 12.6 Å². The number of likely N-dealkylation sites (N-methyl/N-ethyl adjacent to an activating group) is 1. The topological polar surface area (TPSA) is 12.0 Å². The molecule has 0 saturated carbocycles. The lowest BCUT2D eigenvalue weighted by Gasteiger charge is -2.21. The van der Waals surface area contributed by atoms with E-state index in [-0.39, 0.29) is 12.0 Å². The van der Waals surface area contributed by atoms with Crippen LogP contribution in [0.3, 0.4) is 0 Å². The number of rotatable bonds is 4. The second-order valence-corrected chi connectivity index (χ2v) is 3.84. The van der Waals surface area contributed by atoms with Crippen molar-refractivity contribution in [2.75, 3.05) is 6.54 Å². The lowest BCUT2D eigenvalue weighted by Crippen LogP contribution is -2.30. The Morgan fingerprint density at radius 2 is 1.67 bits per heavy atom. The Bertz CT molecular complexity index is 305. The molecule has 0 aliphatic rings. The van der Waals surface area contributed by atoms with Crippen LogP contribution in [0.5, 0.6) is 0 Å². The highest BCUT2D eigenvalue weighted by Crippen LogP contribution is 2.21. The van der Waals surface area contributed by atoms with Crippen LogP contribution in [-0.2, 0) is 0 Å². The lowest BCUT2D eigenvalue weighted by atomic mass is 9.94. The standard InChI is InChI=1S/C12H17F2N/c1-4-15-9(3)8(2)10-5-11(13)7-12(14)6-10/h5-9,15H,4H2,1-3H3. The minimum absolute atomic E-state index is 0.0927. The first-order valence-corrected chi connectivity index (χ1v) is 5.24. The predicted octanol–water partition coefficient (Wildman–Crippen LogP) is 3.07. The highest BCUT2D eigenvalue weighted by molar-refractivity contribution is 5.22. The molecule has 0 saturated heterocycles. The molecule has 84 valence electrons. The molecule has 1 nitrogen and oxygen atoms in total. The third kappa shape index (κ3) is 3.27. The minimum Gasteiger partial charge on any atom is -0.314 e. The van der Waals surface area contributed by atoms with Gasteiger partial charge in [-0.1, -0.05) is 13.8 Å². The van der Waals surface area contributed by atoms with Gasteiger partial charge in [0, 0.05) is 12.1 Å². The molecule has 0 bridgehead atoms. The Kier molecular flexibility index (Phi) is 4.21. The van der Waals surface area contributed by atoms with E-state index in [4.69, 9.17) is 0 Å². The van der Waals surface area contributed by atoms with Gasteiger partial charge in [0.05, 0.1) is 0 Å². The lowest BCUT2D eigenvalue weighted by molar-refractivity contribution is 0.488. The van der Waals surface area contributed by atoms with E-state index in [9.17, 15) is 8.78 Å². The molecule has 3 heteroatoms. The van der Waals surface area contributed by atoms with Crippen LogP contribution in [0.15, 0.2) is 18.2 Å². The fraction of sp³-hybridized carbons (Fsp3) is 0.500. The van der Waals surface area contributed by atoms with Crippen LogP contribution in [0.4, 0.5) is 8.78 Å². The van der Waals surface area contributed by atoms with Crippen LogP contribution in [-0.4, -0.2) is 12.6 Å². The van der Waals surface area contributed by atoms with E-state index in [2.05, 4.69) is 5.32 Å². The molecule has 1 rings (SSSR count). The fourth-order valence-electron chi connectivity index (χ4n) is 1.63. The van der Waals surface area contributed by atoms with Crippen molar-refractivity contribution in [2.45, 2.75) is 32.7 Å². The van der Waals surface area contributed by atoms with Crippen molar-refractivity contribution in [1.29, 1.82) is 0 Å². The fourth-order valence-corrected chi connectivity index (χ4v) is 1.63. The van der Waals surface area contributed by atoms with E-state index < -0.39 is 11.6 Å². The Hall–Kier alpha value is -0.960. The van der Waals surface area contributed by atoms with Crippen molar-refractivity contribution >= 4 is 0 Å². The molecule has 0 fully saturated rings. The van der Waals surface area contributed by atoms with Crippen molar-refractivity contribution in [3.8, 4) is 0 Å². The summed E-state index contributed by atoms with van der Waals surface area (Å²) in [6.45, 7) is 6.83. The summed E-state index contributed by atoms with van der Waals surface area (Å²) in [6.07, 6.45) is 0. The average molecular weight is 213 g/mol. The molecule has 15 heavy (non-hydrogen) atoms. The first-order chi connectivity index (χ1) is 7.04. The van der Waals surface area contributed by atoms with Crippen LogP contribution < -0.4 is 5.32 Å².